The van der Waals surface area contributed by atoms with E-state index < -0.39 is 5.60 Å². The van der Waals surface area contributed by atoms with Gasteiger partial charge in [0.25, 0.3) is 0 Å². The smallest absolute Gasteiger partial charge is 0.328 e. The van der Waals surface area contributed by atoms with Gasteiger partial charge in [-0.25, -0.2) is 4.79 Å². The summed E-state index contributed by atoms with van der Waals surface area (Å²) in [6.07, 6.45) is 1.00. The summed E-state index contributed by atoms with van der Waals surface area (Å²) in [5.74, 6) is -0.154. The summed E-state index contributed by atoms with van der Waals surface area (Å²) in [5, 5.41) is 0. The predicted molar refractivity (Wildman–Crippen MR) is 72.8 cm³/mol. The van der Waals surface area contributed by atoms with Crippen molar-refractivity contribution in [1.82, 2.24) is 0 Å². The van der Waals surface area contributed by atoms with E-state index in [1.807, 2.05) is 39.8 Å². The van der Waals surface area contributed by atoms with Crippen LogP contribution in [0.4, 0.5) is 5.69 Å². The fourth-order valence-electron chi connectivity index (χ4n) is 2.28. The average Bonchev–Trinajstić information content (AvgIpc) is 2.69. The van der Waals surface area contributed by atoms with Crippen LogP contribution in [0.5, 0.6) is 0 Å². The van der Waals surface area contributed by atoms with Gasteiger partial charge in [0.15, 0.2) is 0 Å². The van der Waals surface area contributed by atoms with Crippen molar-refractivity contribution in [2.45, 2.75) is 45.8 Å². The maximum absolute atomic E-state index is 12.1. The lowest BCUT2D eigenvalue weighted by atomic mass is 10.1. The molecule has 0 aliphatic carbocycles. The molecule has 1 aromatic carbocycles. The lowest BCUT2D eigenvalue weighted by molar-refractivity contribution is -0.156. The van der Waals surface area contributed by atoms with Crippen LogP contribution < -0.4 is 4.90 Å². The van der Waals surface area contributed by atoms with Gasteiger partial charge in [-0.15, -0.1) is 0 Å². The van der Waals surface area contributed by atoms with Gasteiger partial charge in [-0.05, 0) is 45.7 Å². The number of esters is 1. The molecular weight excluding hydrogens is 226 g/mol. The number of hydrogen-bond acceptors (Lipinski definition) is 3. The second-order valence-electron chi connectivity index (χ2n) is 5.78. The highest BCUT2D eigenvalue weighted by atomic mass is 16.6. The molecule has 0 amide bonds. The summed E-state index contributed by atoms with van der Waals surface area (Å²) in [4.78, 5) is 14.2. The van der Waals surface area contributed by atoms with Gasteiger partial charge in [0, 0.05) is 12.2 Å². The number of carbonyl (C=O) groups excluding carboxylic acids is 1. The Bertz CT molecular complexity index is 448. The van der Waals surface area contributed by atoms with Crippen molar-refractivity contribution in [3.05, 3.63) is 29.8 Å². The third-order valence-corrected chi connectivity index (χ3v) is 3.14. The molecule has 1 atom stereocenters. The van der Waals surface area contributed by atoms with Crippen LogP contribution in [0.15, 0.2) is 24.3 Å². The number of carbonyl (C=O) groups is 1. The molecule has 0 aromatic heterocycles. The second kappa shape index (κ2) is 4.63. The molecule has 1 unspecified atom stereocenters. The van der Waals surface area contributed by atoms with Crippen LogP contribution in [-0.2, 0) is 16.0 Å². The van der Waals surface area contributed by atoms with Crippen molar-refractivity contribution >= 4 is 11.7 Å². The van der Waals surface area contributed by atoms with E-state index in [2.05, 4.69) is 17.0 Å². The molecule has 1 aromatic rings. The van der Waals surface area contributed by atoms with E-state index >= 15 is 0 Å². The molecule has 2 rings (SSSR count). The molecule has 98 valence electrons. The minimum absolute atomic E-state index is 0.154. The van der Waals surface area contributed by atoms with Crippen LogP contribution in [0.3, 0.4) is 0 Å². The minimum atomic E-state index is -0.426. The van der Waals surface area contributed by atoms with Crippen LogP contribution in [0.25, 0.3) is 0 Å². The van der Waals surface area contributed by atoms with E-state index in [9.17, 15) is 4.79 Å². The lowest BCUT2D eigenvalue weighted by Gasteiger charge is -2.29. The average molecular weight is 247 g/mol. The molecule has 0 spiro atoms. The van der Waals surface area contributed by atoms with Gasteiger partial charge in [0.1, 0.15) is 11.6 Å². The van der Waals surface area contributed by atoms with Crippen molar-refractivity contribution in [3.8, 4) is 0 Å². The summed E-state index contributed by atoms with van der Waals surface area (Å²) in [7, 11) is 0. The Morgan fingerprint density at radius 1 is 1.33 bits per heavy atom. The van der Waals surface area contributed by atoms with Gasteiger partial charge in [-0.1, -0.05) is 18.2 Å². The largest absolute Gasteiger partial charge is 0.458 e. The Morgan fingerprint density at radius 3 is 2.67 bits per heavy atom. The van der Waals surface area contributed by atoms with E-state index in [4.69, 9.17) is 4.74 Å². The molecule has 0 saturated heterocycles. The SMILES string of the molecule is CC(C(=O)OC(C)(C)C)N1CCc2ccccc21. The number of ether oxygens (including phenoxy) is 1. The van der Waals surface area contributed by atoms with Gasteiger partial charge in [0.05, 0.1) is 0 Å². The van der Waals surface area contributed by atoms with E-state index in [0.29, 0.717) is 0 Å². The lowest BCUT2D eigenvalue weighted by Crippen LogP contribution is -2.41. The first-order chi connectivity index (χ1) is 8.38. The normalized spacial score (nSPS) is 16.3. The fraction of sp³-hybridized carbons (Fsp3) is 0.533. The Hall–Kier alpha value is -1.51. The highest BCUT2D eigenvalue weighted by molar-refractivity contribution is 5.81. The molecule has 3 nitrogen and oxygen atoms in total. The number of anilines is 1. The molecule has 1 aliphatic heterocycles. The van der Waals surface area contributed by atoms with Gasteiger partial charge in [0.2, 0.25) is 0 Å². The van der Waals surface area contributed by atoms with Crippen molar-refractivity contribution in [2.75, 3.05) is 11.4 Å². The van der Waals surface area contributed by atoms with Crippen LogP contribution in [0, 0.1) is 0 Å². The molecule has 18 heavy (non-hydrogen) atoms. The summed E-state index contributed by atoms with van der Waals surface area (Å²) in [6, 6.07) is 8.02. The molecule has 3 heteroatoms. The van der Waals surface area contributed by atoms with Crippen molar-refractivity contribution < 1.29 is 9.53 Å². The number of rotatable bonds is 2. The summed E-state index contributed by atoms with van der Waals surface area (Å²) < 4.78 is 5.45. The van der Waals surface area contributed by atoms with Crippen LogP contribution in [0.2, 0.25) is 0 Å². The van der Waals surface area contributed by atoms with Crippen LogP contribution in [-0.4, -0.2) is 24.2 Å². The number of fused-ring (bicyclic) bond motifs is 1. The number of nitrogens with zero attached hydrogens (tertiary/aromatic N) is 1. The molecular formula is C15H21NO2. The molecule has 0 N–H and O–H groups in total. The summed E-state index contributed by atoms with van der Waals surface area (Å²) >= 11 is 0. The van der Waals surface area contributed by atoms with Crippen molar-refractivity contribution in [2.24, 2.45) is 0 Å². The van der Waals surface area contributed by atoms with Gasteiger partial charge in [-0.3, -0.25) is 0 Å². The van der Waals surface area contributed by atoms with Crippen molar-refractivity contribution in [1.29, 1.82) is 0 Å². The van der Waals surface area contributed by atoms with Gasteiger partial charge >= 0.3 is 5.97 Å². The van der Waals surface area contributed by atoms with Crippen molar-refractivity contribution in [3.63, 3.8) is 0 Å². The highest BCUT2D eigenvalue weighted by Gasteiger charge is 2.30. The number of benzene rings is 1. The summed E-state index contributed by atoms with van der Waals surface area (Å²) in [5.41, 5.74) is 2.05. The zero-order valence-corrected chi connectivity index (χ0v) is 11.6. The minimum Gasteiger partial charge on any atom is -0.458 e. The van der Waals surface area contributed by atoms with Crippen LogP contribution >= 0.6 is 0 Å². The van der Waals surface area contributed by atoms with E-state index in [1.54, 1.807) is 0 Å². The first-order valence-corrected chi connectivity index (χ1v) is 6.46. The third-order valence-electron chi connectivity index (χ3n) is 3.14. The second-order valence-corrected chi connectivity index (χ2v) is 5.78. The number of hydrogen-bond donors (Lipinski definition) is 0. The number of para-hydroxylation sites is 1. The Kier molecular flexibility index (Phi) is 3.33. The molecule has 1 heterocycles. The summed E-state index contributed by atoms with van der Waals surface area (Å²) in [6.45, 7) is 8.50. The van der Waals surface area contributed by atoms with E-state index in [-0.39, 0.29) is 12.0 Å². The Labute approximate surface area is 109 Å². The fourth-order valence-corrected chi connectivity index (χ4v) is 2.28. The third kappa shape index (κ3) is 2.66. The first kappa shape index (κ1) is 12.9. The van der Waals surface area contributed by atoms with E-state index in [0.717, 1.165) is 18.7 Å². The zero-order chi connectivity index (χ0) is 13.3. The first-order valence-electron chi connectivity index (χ1n) is 6.46. The van der Waals surface area contributed by atoms with Gasteiger partial charge < -0.3 is 9.64 Å². The monoisotopic (exact) mass is 247 g/mol. The van der Waals surface area contributed by atoms with Crippen LogP contribution in [0.1, 0.15) is 33.3 Å². The quantitative estimate of drug-likeness (QED) is 0.753. The molecule has 0 radical (unpaired) electrons. The molecule has 0 fully saturated rings. The Balaban J connectivity index is 2.12. The standard InChI is InChI=1S/C15H21NO2/c1-11(14(17)18-15(2,3)4)16-10-9-12-7-5-6-8-13(12)16/h5-8,11H,9-10H2,1-4H3. The molecule has 0 bridgehead atoms. The topological polar surface area (TPSA) is 29.5 Å². The van der Waals surface area contributed by atoms with E-state index in [1.165, 1.54) is 5.56 Å². The maximum atomic E-state index is 12.1. The molecule has 0 saturated carbocycles. The maximum Gasteiger partial charge on any atom is 0.328 e. The highest BCUT2D eigenvalue weighted by Crippen LogP contribution is 2.29. The predicted octanol–water partition coefficient (Wildman–Crippen LogP) is 2.78. The van der Waals surface area contributed by atoms with Gasteiger partial charge in [-0.2, -0.15) is 0 Å². The zero-order valence-electron chi connectivity index (χ0n) is 11.6. The molecule has 1 aliphatic rings. The Morgan fingerprint density at radius 2 is 2.00 bits per heavy atom.